The standard InChI is InChI=1S/C44H26N4/c45-27-31-10-9-19-43-44(31)38-14-4-8-18-42(38)47(43)33-23-20-29(21-24-33)30-22-25-34(32(26-30)28-46)35-11-1-5-15-39(35)48-40-16-6-2-12-36(40)37-13-3-7-17-41(37)48/h1-26H. The van der Waals surface area contributed by atoms with E-state index in [1.807, 2.05) is 36.4 Å². The van der Waals surface area contributed by atoms with Gasteiger partial charge in [-0.25, -0.2) is 0 Å². The van der Waals surface area contributed by atoms with E-state index in [4.69, 9.17) is 0 Å². The van der Waals surface area contributed by atoms with Crippen LogP contribution in [0.25, 0.3) is 77.2 Å². The highest BCUT2D eigenvalue weighted by Gasteiger charge is 2.18. The van der Waals surface area contributed by atoms with Crippen LogP contribution in [0.15, 0.2) is 158 Å². The van der Waals surface area contributed by atoms with Gasteiger partial charge in [0.2, 0.25) is 0 Å². The highest BCUT2D eigenvalue weighted by molar-refractivity contribution is 6.12. The van der Waals surface area contributed by atoms with Gasteiger partial charge in [-0.2, -0.15) is 10.5 Å². The van der Waals surface area contributed by atoms with E-state index in [1.54, 1.807) is 0 Å². The molecule has 2 heterocycles. The van der Waals surface area contributed by atoms with Gasteiger partial charge in [0, 0.05) is 38.4 Å². The zero-order valence-corrected chi connectivity index (χ0v) is 25.8. The number of nitriles is 2. The fraction of sp³-hybridized carbons (Fsp3) is 0. The number of rotatable bonds is 4. The Morgan fingerprint density at radius 2 is 0.958 bits per heavy atom. The molecule has 0 radical (unpaired) electrons. The van der Waals surface area contributed by atoms with Crippen molar-refractivity contribution < 1.29 is 0 Å². The molecule has 0 saturated carbocycles. The summed E-state index contributed by atoms with van der Waals surface area (Å²) in [5.74, 6) is 0. The summed E-state index contributed by atoms with van der Waals surface area (Å²) in [4.78, 5) is 0. The Morgan fingerprint density at radius 3 is 1.65 bits per heavy atom. The van der Waals surface area contributed by atoms with Crippen LogP contribution in [-0.2, 0) is 0 Å². The summed E-state index contributed by atoms with van der Waals surface area (Å²) in [6.07, 6.45) is 0. The Bertz CT molecular complexity index is 2750. The molecule has 0 N–H and O–H groups in total. The van der Waals surface area contributed by atoms with Gasteiger partial charge in [0.15, 0.2) is 0 Å². The third kappa shape index (κ3) is 4.07. The Labute approximate surface area is 277 Å². The van der Waals surface area contributed by atoms with Crippen LogP contribution in [0.3, 0.4) is 0 Å². The summed E-state index contributed by atoms with van der Waals surface area (Å²) >= 11 is 0. The number of benzene rings is 7. The fourth-order valence-corrected chi connectivity index (χ4v) is 7.32. The second-order valence-corrected chi connectivity index (χ2v) is 12.0. The van der Waals surface area contributed by atoms with Crippen LogP contribution in [0, 0.1) is 22.7 Å². The van der Waals surface area contributed by atoms with E-state index in [0.29, 0.717) is 11.1 Å². The lowest BCUT2D eigenvalue weighted by Gasteiger charge is -2.16. The minimum Gasteiger partial charge on any atom is -0.309 e. The average molecular weight is 611 g/mol. The van der Waals surface area contributed by atoms with E-state index in [0.717, 1.165) is 66.5 Å². The molecule has 9 rings (SSSR count). The first-order valence-electron chi connectivity index (χ1n) is 15.9. The monoisotopic (exact) mass is 610 g/mol. The van der Waals surface area contributed by atoms with Crippen molar-refractivity contribution in [3.8, 4) is 45.8 Å². The molecule has 222 valence electrons. The lowest BCUT2D eigenvalue weighted by Crippen LogP contribution is -1.98. The van der Waals surface area contributed by atoms with Crippen LogP contribution in [0.4, 0.5) is 0 Å². The molecule has 0 aliphatic heterocycles. The Kier molecular flexibility index (Phi) is 6.22. The lowest BCUT2D eigenvalue weighted by molar-refractivity contribution is 1.18. The van der Waals surface area contributed by atoms with Crippen LogP contribution in [0.2, 0.25) is 0 Å². The summed E-state index contributed by atoms with van der Waals surface area (Å²) in [5.41, 5.74) is 11.6. The molecule has 0 bridgehead atoms. The molecule has 0 atom stereocenters. The van der Waals surface area contributed by atoms with Gasteiger partial charge in [-0.05, 0) is 65.7 Å². The molecule has 48 heavy (non-hydrogen) atoms. The summed E-state index contributed by atoms with van der Waals surface area (Å²) in [7, 11) is 0. The van der Waals surface area contributed by atoms with Gasteiger partial charge in [0.05, 0.1) is 51.0 Å². The van der Waals surface area contributed by atoms with Gasteiger partial charge in [0.1, 0.15) is 0 Å². The molecule has 4 heteroatoms. The molecule has 0 amide bonds. The first-order valence-corrected chi connectivity index (χ1v) is 15.9. The number of nitrogens with zero attached hydrogens (tertiary/aromatic N) is 4. The van der Waals surface area contributed by atoms with Crippen molar-refractivity contribution in [1.82, 2.24) is 9.13 Å². The van der Waals surface area contributed by atoms with Crippen LogP contribution in [0.1, 0.15) is 11.1 Å². The number of para-hydroxylation sites is 4. The van der Waals surface area contributed by atoms with Crippen molar-refractivity contribution in [3.05, 3.63) is 169 Å². The van der Waals surface area contributed by atoms with E-state index in [1.165, 1.54) is 10.8 Å². The maximum Gasteiger partial charge on any atom is 0.0998 e. The minimum absolute atomic E-state index is 0.622. The maximum absolute atomic E-state index is 10.4. The second-order valence-electron chi connectivity index (χ2n) is 12.0. The summed E-state index contributed by atoms with van der Waals surface area (Å²) in [6.45, 7) is 0. The lowest BCUT2D eigenvalue weighted by atomic mass is 9.94. The molecule has 7 aromatic carbocycles. The third-order valence-corrected chi connectivity index (χ3v) is 9.43. The summed E-state index contributed by atoms with van der Waals surface area (Å²) in [6, 6.07) is 58.9. The third-order valence-electron chi connectivity index (χ3n) is 9.43. The predicted octanol–water partition coefficient (Wildman–Crippen LogP) is 11.0. The fourth-order valence-electron chi connectivity index (χ4n) is 7.32. The summed E-state index contributed by atoms with van der Waals surface area (Å²) < 4.78 is 4.52. The van der Waals surface area contributed by atoms with Gasteiger partial charge >= 0.3 is 0 Å². The van der Waals surface area contributed by atoms with Crippen LogP contribution >= 0.6 is 0 Å². The van der Waals surface area contributed by atoms with E-state index in [9.17, 15) is 10.5 Å². The van der Waals surface area contributed by atoms with E-state index in [-0.39, 0.29) is 0 Å². The molecule has 0 fully saturated rings. The molecule has 0 saturated heterocycles. The first-order chi connectivity index (χ1) is 23.7. The topological polar surface area (TPSA) is 57.4 Å². The van der Waals surface area contributed by atoms with Crippen LogP contribution in [0.5, 0.6) is 0 Å². The van der Waals surface area contributed by atoms with E-state index < -0.39 is 0 Å². The normalized spacial score (nSPS) is 11.3. The largest absolute Gasteiger partial charge is 0.309 e. The van der Waals surface area contributed by atoms with Gasteiger partial charge in [-0.15, -0.1) is 0 Å². The SMILES string of the molecule is N#Cc1cc(-c2ccc(-n3c4ccccc4c4c(C#N)cccc43)cc2)ccc1-c1ccccc1-n1c2ccccc2c2ccccc21. The molecule has 0 aliphatic carbocycles. The number of hydrogen-bond donors (Lipinski definition) is 0. The van der Waals surface area contributed by atoms with Crippen molar-refractivity contribution in [3.63, 3.8) is 0 Å². The highest BCUT2D eigenvalue weighted by Crippen LogP contribution is 2.39. The molecule has 0 aliphatic rings. The molecule has 4 nitrogen and oxygen atoms in total. The number of fused-ring (bicyclic) bond motifs is 6. The van der Waals surface area contributed by atoms with Crippen molar-refractivity contribution in [2.24, 2.45) is 0 Å². The number of aromatic nitrogens is 2. The maximum atomic E-state index is 10.4. The summed E-state index contributed by atoms with van der Waals surface area (Å²) in [5, 5.41) is 24.7. The van der Waals surface area contributed by atoms with Crippen molar-refractivity contribution in [2.75, 3.05) is 0 Å². The Morgan fingerprint density at radius 1 is 0.396 bits per heavy atom. The Balaban J connectivity index is 1.15. The van der Waals surface area contributed by atoms with Gasteiger partial charge in [-0.3, -0.25) is 0 Å². The zero-order valence-electron chi connectivity index (χ0n) is 25.8. The molecular weight excluding hydrogens is 585 g/mol. The quantitative estimate of drug-likeness (QED) is 0.199. The Hall–Kier alpha value is -6.88. The van der Waals surface area contributed by atoms with Crippen LogP contribution in [-0.4, -0.2) is 9.13 Å². The predicted molar refractivity (Wildman–Crippen MR) is 195 cm³/mol. The van der Waals surface area contributed by atoms with E-state index >= 15 is 0 Å². The molecule has 0 unspecified atom stereocenters. The second kappa shape index (κ2) is 10.9. The number of hydrogen-bond acceptors (Lipinski definition) is 2. The van der Waals surface area contributed by atoms with Crippen molar-refractivity contribution in [2.45, 2.75) is 0 Å². The molecule has 9 aromatic rings. The van der Waals surface area contributed by atoms with Gasteiger partial charge < -0.3 is 9.13 Å². The van der Waals surface area contributed by atoms with Crippen molar-refractivity contribution >= 4 is 43.6 Å². The highest BCUT2D eigenvalue weighted by atomic mass is 15.0. The molecule has 2 aromatic heterocycles. The molecular formula is C44H26N4. The average Bonchev–Trinajstić information content (AvgIpc) is 3.68. The first kappa shape index (κ1) is 27.4. The minimum atomic E-state index is 0.622. The molecule has 0 spiro atoms. The van der Waals surface area contributed by atoms with Gasteiger partial charge in [0.25, 0.3) is 0 Å². The zero-order chi connectivity index (χ0) is 32.2. The van der Waals surface area contributed by atoms with Gasteiger partial charge in [-0.1, -0.05) is 103 Å². The van der Waals surface area contributed by atoms with Crippen LogP contribution < -0.4 is 0 Å². The van der Waals surface area contributed by atoms with Crippen molar-refractivity contribution in [1.29, 1.82) is 10.5 Å². The van der Waals surface area contributed by atoms with E-state index in [2.05, 4.69) is 143 Å². The smallest absolute Gasteiger partial charge is 0.0998 e.